The maximum atomic E-state index is 12.1. The van der Waals surface area contributed by atoms with E-state index in [9.17, 15) is 14.4 Å². The summed E-state index contributed by atoms with van der Waals surface area (Å²) in [7, 11) is 0. The summed E-state index contributed by atoms with van der Waals surface area (Å²) in [5.41, 5.74) is 1.08. The maximum absolute atomic E-state index is 12.1. The van der Waals surface area contributed by atoms with Crippen LogP contribution in [0.1, 0.15) is 48.9 Å². The third-order valence-electron chi connectivity index (χ3n) is 5.20. The van der Waals surface area contributed by atoms with Gasteiger partial charge in [-0.2, -0.15) is 0 Å². The Bertz CT molecular complexity index is 949. The number of carbonyl (C=O) groups excluding carboxylic acids is 3. The third kappa shape index (κ3) is 4.62. The lowest BCUT2D eigenvalue weighted by molar-refractivity contribution is -0.147. The average molecular weight is 409 g/mol. The standard InChI is InChI=1S/C23H23NO6/c25-18(16-6-2-1-3-7-16)9-11-22(27)28-15-21(26)24-17-8-10-19-20(14-17)30-23(29-19)12-4-5-13-23/h1-3,6-8,10,14H,4-5,9,11-13,15H2,(H,24,26). The maximum Gasteiger partial charge on any atom is 0.306 e. The van der Waals surface area contributed by atoms with E-state index in [0.29, 0.717) is 22.7 Å². The van der Waals surface area contributed by atoms with E-state index >= 15 is 0 Å². The first-order chi connectivity index (χ1) is 14.5. The van der Waals surface area contributed by atoms with E-state index in [1.165, 1.54) is 0 Å². The van der Waals surface area contributed by atoms with Crippen molar-refractivity contribution in [2.75, 3.05) is 11.9 Å². The molecule has 1 aliphatic heterocycles. The number of Topliss-reactive ketones (excluding diaryl/α,β-unsaturated/α-hetero) is 1. The van der Waals surface area contributed by atoms with Gasteiger partial charge in [0.05, 0.1) is 6.42 Å². The molecular formula is C23H23NO6. The molecule has 7 heteroatoms. The first kappa shape index (κ1) is 19.9. The predicted molar refractivity (Wildman–Crippen MR) is 108 cm³/mol. The summed E-state index contributed by atoms with van der Waals surface area (Å²) in [5, 5.41) is 2.68. The highest BCUT2D eigenvalue weighted by atomic mass is 16.7. The minimum atomic E-state index is -0.594. The summed E-state index contributed by atoms with van der Waals surface area (Å²) in [6.45, 7) is -0.420. The van der Waals surface area contributed by atoms with Crippen molar-refractivity contribution in [3.63, 3.8) is 0 Å². The zero-order valence-electron chi connectivity index (χ0n) is 16.5. The van der Waals surface area contributed by atoms with Crippen LogP contribution in [0.4, 0.5) is 5.69 Å². The topological polar surface area (TPSA) is 90.9 Å². The fourth-order valence-corrected chi connectivity index (χ4v) is 3.69. The molecule has 0 atom stereocenters. The van der Waals surface area contributed by atoms with Gasteiger partial charge >= 0.3 is 5.97 Å². The Morgan fingerprint density at radius 1 is 0.933 bits per heavy atom. The number of fused-ring (bicyclic) bond motifs is 1. The molecule has 1 heterocycles. The molecule has 1 aliphatic carbocycles. The number of ether oxygens (including phenoxy) is 3. The van der Waals surface area contributed by atoms with Crippen molar-refractivity contribution in [3.8, 4) is 11.5 Å². The molecule has 4 rings (SSSR count). The second kappa shape index (κ2) is 8.57. The lowest BCUT2D eigenvalue weighted by atomic mass is 10.1. The molecule has 7 nitrogen and oxygen atoms in total. The molecular weight excluding hydrogens is 386 g/mol. The van der Waals surface area contributed by atoms with Crippen molar-refractivity contribution in [1.29, 1.82) is 0 Å². The summed E-state index contributed by atoms with van der Waals surface area (Å²) in [6.07, 6.45) is 3.81. The van der Waals surface area contributed by atoms with E-state index in [4.69, 9.17) is 14.2 Å². The van der Waals surface area contributed by atoms with E-state index in [0.717, 1.165) is 25.7 Å². The molecule has 2 aliphatic rings. The summed E-state index contributed by atoms with van der Waals surface area (Å²) < 4.78 is 16.9. The van der Waals surface area contributed by atoms with E-state index < -0.39 is 24.3 Å². The van der Waals surface area contributed by atoms with Crippen LogP contribution in [-0.2, 0) is 14.3 Å². The van der Waals surface area contributed by atoms with Crippen LogP contribution in [0.2, 0.25) is 0 Å². The van der Waals surface area contributed by atoms with Crippen LogP contribution < -0.4 is 14.8 Å². The molecule has 2 aromatic carbocycles. The van der Waals surface area contributed by atoms with Gasteiger partial charge in [-0.05, 0) is 25.0 Å². The van der Waals surface area contributed by atoms with Crippen LogP contribution >= 0.6 is 0 Å². The first-order valence-corrected chi connectivity index (χ1v) is 10.1. The fourth-order valence-electron chi connectivity index (χ4n) is 3.69. The number of hydrogen-bond donors (Lipinski definition) is 1. The summed E-state index contributed by atoms with van der Waals surface area (Å²) in [5.74, 6) is -0.485. The second-order valence-corrected chi connectivity index (χ2v) is 7.48. The van der Waals surface area contributed by atoms with Crippen LogP contribution in [-0.4, -0.2) is 30.1 Å². The number of esters is 1. The van der Waals surface area contributed by atoms with Crippen molar-refractivity contribution < 1.29 is 28.6 Å². The summed E-state index contributed by atoms with van der Waals surface area (Å²) in [6, 6.07) is 13.9. The quantitative estimate of drug-likeness (QED) is 0.551. The van der Waals surface area contributed by atoms with Crippen LogP contribution in [0.5, 0.6) is 11.5 Å². The van der Waals surface area contributed by atoms with Crippen molar-refractivity contribution >= 4 is 23.3 Å². The van der Waals surface area contributed by atoms with Crippen molar-refractivity contribution in [2.45, 2.75) is 44.3 Å². The molecule has 1 saturated carbocycles. The average Bonchev–Trinajstić information content (AvgIpc) is 3.36. The van der Waals surface area contributed by atoms with E-state index in [-0.39, 0.29) is 18.6 Å². The summed E-state index contributed by atoms with van der Waals surface area (Å²) in [4.78, 5) is 35.9. The minimum absolute atomic E-state index is 0.0361. The second-order valence-electron chi connectivity index (χ2n) is 7.48. The monoisotopic (exact) mass is 409 g/mol. The molecule has 0 saturated heterocycles. The molecule has 1 fully saturated rings. The smallest absolute Gasteiger partial charge is 0.306 e. The minimum Gasteiger partial charge on any atom is -0.456 e. The van der Waals surface area contributed by atoms with Gasteiger partial charge in [-0.15, -0.1) is 0 Å². The number of rotatable bonds is 7. The number of ketones is 1. The van der Waals surface area contributed by atoms with Gasteiger partial charge in [0.15, 0.2) is 23.9 Å². The lowest BCUT2D eigenvalue weighted by Crippen LogP contribution is -2.34. The number of carbonyl (C=O) groups is 3. The Morgan fingerprint density at radius 2 is 1.67 bits per heavy atom. The predicted octanol–water partition coefficient (Wildman–Crippen LogP) is 3.87. The van der Waals surface area contributed by atoms with Crippen molar-refractivity contribution in [2.24, 2.45) is 0 Å². The SMILES string of the molecule is O=C(COC(=O)CCC(=O)c1ccccc1)Nc1ccc2c(c1)OC1(CCCC1)O2. The Hall–Kier alpha value is -3.35. The number of hydrogen-bond acceptors (Lipinski definition) is 6. The zero-order valence-corrected chi connectivity index (χ0v) is 16.5. The highest BCUT2D eigenvalue weighted by molar-refractivity contribution is 5.98. The molecule has 156 valence electrons. The molecule has 0 radical (unpaired) electrons. The molecule has 0 unspecified atom stereocenters. The van der Waals surface area contributed by atoms with Gasteiger partial charge in [0.2, 0.25) is 0 Å². The Labute approximate surface area is 174 Å². The van der Waals surface area contributed by atoms with E-state index in [1.807, 2.05) is 6.07 Å². The molecule has 1 N–H and O–H groups in total. The zero-order chi connectivity index (χ0) is 21.0. The number of nitrogens with one attached hydrogen (secondary N) is 1. The Morgan fingerprint density at radius 3 is 2.43 bits per heavy atom. The lowest BCUT2D eigenvalue weighted by Gasteiger charge is -2.21. The van der Waals surface area contributed by atoms with Gasteiger partial charge in [0.1, 0.15) is 0 Å². The highest BCUT2D eigenvalue weighted by Crippen LogP contribution is 2.47. The Kier molecular flexibility index (Phi) is 5.70. The van der Waals surface area contributed by atoms with Crippen molar-refractivity contribution in [1.82, 2.24) is 0 Å². The molecule has 1 amide bonds. The van der Waals surface area contributed by atoms with Crippen molar-refractivity contribution in [3.05, 3.63) is 54.1 Å². The van der Waals surface area contributed by atoms with E-state index in [1.54, 1.807) is 42.5 Å². The molecule has 0 aromatic heterocycles. The van der Waals surface area contributed by atoms with Crippen LogP contribution in [0.15, 0.2) is 48.5 Å². The fraction of sp³-hybridized carbons (Fsp3) is 0.348. The van der Waals surface area contributed by atoms with Gasteiger partial charge in [-0.3, -0.25) is 14.4 Å². The highest BCUT2D eigenvalue weighted by Gasteiger charge is 2.44. The van der Waals surface area contributed by atoms with Gasteiger partial charge in [0.25, 0.3) is 11.7 Å². The molecule has 0 bridgehead atoms. The van der Waals surface area contributed by atoms with Gasteiger partial charge < -0.3 is 19.5 Å². The van der Waals surface area contributed by atoms with Gasteiger partial charge in [0, 0.05) is 36.6 Å². The normalized spacial score (nSPS) is 15.7. The number of anilines is 1. The molecule has 2 aromatic rings. The number of benzene rings is 2. The third-order valence-corrected chi connectivity index (χ3v) is 5.20. The largest absolute Gasteiger partial charge is 0.456 e. The van der Waals surface area contributed by atoms with Gasteiger partial charge in [-0.25, -0.2) is 0 Å². The Balaban J connectivity index is 1.22. The molecule has 30 heavy (non-hydrogen) atoms. The van der Waals surface area contributed by atoms with Crippen LogP contribution in [0, 0.1) is 0 Å². The molecule has 1 spiro atoms. The van der Waals surface area contributed by atoms with Gasteiger partial charge in [-0.1, -0.05) is 30.3 Å². The van der Waals surface area contributed by atoms with E-state index in [2.05, 4.69) is 5.32 Å². The van der Waals surface area contributed by atoms with Crippen LogP contribution in [0.3, 0.4) is 0 Å². The van der Waals surface area contributed by atoms with Crippen LogP contribution in [0.25, 0.3) is 0 Å². The first-order valence-electron chi connectivity index (χ1n) is 10.1. The number of amides is 1. The summed E-state index contributed by atoms with van der Waals surface area (Å²) >= 11 is 0.